The van der Waals surface area contributed by atoms with Crippen molar-refractivity contribution in [3.63, 3.8) is 0 Å². The van der Waals surface area contributed by atoms with Crippen LogP contribution in [-0.2, 0) is 9.59 Å². The molecule has 1 aromatic heterocycles. The highest BCUT2D eigenvalue weighted by Crippen LogP contribution is 2.18. The smallest absolute Gasteiger partial charge is 0.308 e. The predicted octanol–water partition coefficient (Wildman–Crippen LogP) is 1.51. The number of carbonyl (C=O) groups is 2. The van der Waals surface area contributed by atoms with E-state index in [4.69, 9.17) is 10.2 Å². The number of hydrogen-bond donors (Lipinski definition) is 3. The van der Waals surface area contributed by atoms with E-state index in [9.17, 15) is 9.59 Å². The molecule has 0 fully saturated rings. The van der Waals surface area contributed by atoms with Gasteiger partial charge in [-0.05, 0) is 25.5 Å². The standard InChI is InChI=1S/C14H21N3O4/c1-9(14(20)21)11(5-7-13(18)19)16-10-4-6-12(15-8-10)17(2)3/h4,6,8-9,11,16H,5,7H2,1-3H3,(H,18,19)(H,20,21). The van der Waals surface area contributed by atoms with Crippen molar-refractivity contribution in [2.45, 2.75) is 25.8 Å². The van der Waals surface area contributed by atoms with Crippen molar-refractivity contribution >= 4 is 23.4 Å². The normalized spacial score (nSPS) is 13.3. The second-order valence-corrected chi connectivity index (χ2v) is 5.11. The highest BCUT2D eigenvalue weighted by atomic mass is 16.4. The fourth-order valence-electron chi connectivity index (χ4n) is 1.85. The predicted molar refractivity (Wildman–Crippen MR) is 79.6 cm³/mol. The molecular weight excluding hydrogens is 274 g/mol. The van der Waals surface area contributed by atoms with E-state index in [1.54, 1.807) is 19.2 Å². The van der Waals surface area contributed by atoms with Crippen LogP contribution in [-0.4, -0.2) is 47.3 Å². The van der Waals surface area contributed by atoms with Crippen molar-refractivity contribution < 1.29 is 19.8 Å². The zero-order valence-electron chi connectivity index (χ0n) is 12.4. The molecule has 2 unspecified atom stereocenters. The molecule has 116 valence electrons. The Hall–Kier alpha value is -2.31. The van der Waals surface area contributed by atoms with Gasteiger partial charge in [0.15, 0.2) is 0 Å². The molecule has 7 nitrogen and oxygen atoms in total. The van der Waals surface area contributed by atoms with Gasteiger partial charge in [-0.25, -0.2) is 4.98 Å². The number of nitrogens with one attached hydrogen (secondary N) is 1. The maximum Gasteiger partial charge on any atom is 0.308 e. The zero-order chi connectivity index (χ0) is 16.0. The number of carboxylic acids is 2. The van der Waals surface area contributed by atoms with Gasteiger partial charge in [-0.15, -0.1) is 0 Å². The molecular formula is C14H21N3O4. The summed E-state index contributed by atoms with van der Waals surface area (Å²) in [6, 6.07) is 3.14. The largest absolute Gasteiger partial charge is 0.481 e. The minimum absolute atomic E-state index is 0.0848. The van der Waals surface area contributed by atoms with Gasteiger partial charge in [-0.2, -0.15) is 0 Å². The van der Waals surface area contributed by atoms with Crippen LogP contribution in [0.2, 0.25) is 0 Å². The lowest BCUT2D eigenvalue weighted by molar-refractivity contribution is -0.142. The molecule has 0 aliphatic carbocycles. The Morgan fingerprint density at radius 3 is 2.43 bits per heavy atom. The first-order chi connectivity index (χ1) is 9.81. The minimum atomic E-state index is -0.962. The van der Waals surface area contributed by atoms with Crippen LogP contribution in [0.5, 0.6) is 0 Å². The number of aliphatic carboxylic acids is 2. The first-order valence-corrected chi connectivity index (χ1v) is 6.65. The molecule has 0 aromatic carbocycles. The van der Waals surface area contributed by atoms with Crippen LogP contribution in [0.15, 0.2) is 18.3 Å². The van der Waals surface area contributed by atoms with E-state index < -0.39 is 23.9 Å². The van der Waals surface area contributed by atoms with Crippen LogP contribution in [0.4, 0.5) is 11.5 Å². The molecule has 0 aliphatic heterocycles. The number of aromatic nitrogens is 1. The summed E-state index contributed by atoms with van der Waals surface area (Å²) >= 11 is 0. The highest BCUT2D eigenvalue weighted by molar-refractivity contribution is 5.72. The topological polar surface area (TPSA) is 103 Å². The third kappa shape index (κ3) is 5.29. The number of nitrogens with zero attached hydrogens (tertiary/aromatic N) is 2. The van der Waals surface area contributed by atoms with Gasteiger partial charge in [0.1, 0.15) is 5.82 Å². The molecule has 0 aliphatic rings. The molecule has 0 amide bonds. The molecule has 0 radical (unpaired) electrons. The Kier molecular flexibility index (Phi) is 5.95. The molecule has 3 N–H and O–H groups in total. The van der Waals surface area contributed by atoms with Gasteiger partial charge in [-0.1, -0.05) is 0 Å². The summed E-state index contributed by atoms with van der Waals surface area (Å²) in [5.74, 6) is -1.82. The van der Waals surface area contributed by atoms with E-state index in [1.807, 2.05) is 25.1 Å². The SMILES string of the molecule is CC(C(=O)O)C(CCC(=O)O)Nc1ccc(N(C)C)nc1. The number of anilines is 2. The van der Waals surface area contributed by atoms with Crippen molar-refractivity contribution in [3.05, 3.63) is 18.3 Å². The Morgan fingerprint density at radius 1 is 1.33 bits per heavy atom. The van der Waals surface area contributed by atoms with Crippen molar-refractivity contribution in [3.8, 4) is 0 Å². The van der Waals surface area contributed by atoms with Crippen molar-refractivity contribution in [1.82, 2.24) is 4.98 Å². The van der Waals surface area contributed by atoms with E-state index in [0.29, 0.717) is 5.69 Å². The molecule has 1 aromatic rings. The van der Waals surface area contributed by atoms with Gasteiger partial charge < -0.3 is 20.4 Å². The third-order valence-corrected chi connectivity index (χ3v) is 3.22. The first-order valence-electron chi connectivity index (χ1n) is 6.65. The van der Waals surface area contributed by atoms with Crippen LogP contribution < -0.4 is 10.2 Å². The molecule has 21 heavy (non-hydrogen) atoms. The maximum absolute atomic E-state index is 11.1. The van der Waals surface area contributed by atoms with Crippen LogP contribution in [0.1, 0.15) is 19.8 Å². The fourth-order valence-corrected chi connectivity index (χ4v) is 1.85. The third-order valence-electron chi connectivity index (χ3n) is 3.22. The lowest BCUT2D eigenvalue weighted by Gasteiger charge is -2.23. The molecule has 1 rings (SSSR count). The zero-order valence-corrected chi connectivity index (χ0v) is 12.4. The van der Waals surface area contributed by atoms with E-state index in [0.717, 1.165) is 5.82 Å². The summed E-state index contributed by atoms with van der Waals surface area (Å²) < 4.78 is 0. The average Bonchev–Trinajstić information content (AvgIpc) is 2.42. The van der Waals surface area contributed by atoms with Gasteiger partial charge in [0, 0.05) is 26.6 Å². The Labute approximate surface area is 123 Å². The summed E-state index contributed by atoms with van der Waals surface area (Å²) in [4.78, 5) is 27.9. The molecule has 0 saturated heterocycles. The van der Waals surface area contributed by atoms with Crippen LogP contribution in [0, 0.1) is 5.92 Å². The van der Waals surface area contributed by atoms with Crippen LogP contribution >= 0.6 is 0 Å². The summed E-state index contributed by atoms with van der Waals surface area (Å²) in [6.07, 6.45) is 1.76. The maximum atomic E-state index is 11.1. The van der Waals surface area contributed by atoms with E-state index in [1.165, 1.54) is 0 Å². The average molecular weight is 295 g/mol. The number of rotatable bonds is 8. The molecule has 0 bridgehead atoms. The van der Waals surface area contributed by atoms with Gasteiger partial charge in [0.2, 0.25) is 0 Å². The van der Waals surface area contributed by atoms with E-state index in [-0.39, 0.29) is 12.8 Å². The molecule has 2 atom stereocenters. The van der Waals surface area contributed by atoms with Gasteiger partial charge >= 0.3 is 11.9 Å². The van der Waals surface area contributed by atoms with E-state index >= 15 is 0 Å². The Morgan fingerprint density at radius 2 is 2.00 bits per heavy atom. The molecule has 0 saturated carbocycles. The summed E-state index contributed by atoms with van der Waals surface area (Å²) in [6.45, 7) is 1.56. The monoisotopic (exact) mass is 295 g/mol. The lowest BCUT2D eigenvalue weighted by Crippen LogP contribution is -2.33. The van der Waals surface area contributed by atoms with Crippen LogP contribution in [0.25, 0.3) is 0 Å². The van der Waals surface area contributed by atoms with Crippen molar-refractivity contribution in [2.24, 2.45) is 5.92 Å². The molecule has 7 heteroatoms. The Bertz CT molecular complexity index is 487. The summed E-state index contributed by atoms with van der Waals surface area (Å²) in [5, 5.41) is 20.9. The Balaban J connectivity index is 2.79. The number of hydrogen-bond acceptors (Lipinski definition) is 5. The van der Waals surface area contributed by atoms with Gasteiger partial charge in [-0.3, -0.25) is 9.59 Å². The quantitative estimate of drug-likeness (QED) is 0.668. The van der Waals surface area contributed by atoms with Crippen molar-refractivity contribution in [2.75, 3.05) is 24.3 Å². The summed E-state index contributed by atoms with van der Waals surface area (Å²) in [7, 11) is 3.75. The van der Waals surface area contributed by atoms with Gasteiger partial charge in [0.25, 0.3) is 0 Å². The van der Waals surface area contributed by atoms with E-state index in [2.05, 4.69) is 10.3 Å². The number of carboxylic acid groups (broad SMARTS) is 2. The number of pyridine rings is 1. The second kappa shape index (κ2) is 7.47. The molecule has 1 heterocycles. The fraction of sp³-hybridized carbons (Fsp3) is 0.500. The van der Waals surface area contributed by atoms with Crippen molar-refractivity contribution in [1.29, 1.82) is 0 Å². The minimum Gasteiger partial charge on any atom is -0.481 e. The molecule has 0 spiro atoms. The highest BCUT2D eigenvalue weighted by Gasteiger charge is 2.24. The lowest BCUT2D eigenvalue weighted by atomic mass is 9.97. The van der Waals surface area contributed by atoms with Gasteiger partial charge in [0.05, 0.1) is 17.8 Å². The van der Waals surface area contributed by atoms with Crippen LogP contribution in [0.3, 0.4) is 0 Å². The summed E-state index contributed by atoms with van der Waals surface area (Å²) in [5.41, 5.74) is 0.670. The first kappa shape index (κ1) is 16.7. The second-order valence-electron chi connectivity index (χ2n) is 5.11.